The van der Waals surface area contributed by atoms with Gasteiger partial charge in [-0.2, -0.15) is 0 Å². The average Bonchev–Trinajstić information content (AvgIpc) is 2.32. The summed E-state index contributed by atoms with van der Waals surface area (Å²) in [7, 11) is 0. The minimum atomic E-state index is 0.354. The van der Waals surface area contributed by atoms with E-state index in [9.17, 15) is 0 Å². The maximum Gasteiger partial charge on any atom is 0.0842 e. The van der Waals surface area contributed by atoms with Crippen LogP contribution in [0, 0.1) is 0 Å². The van der Waals surface area contributed by atoms with Gasteiger partial charge in [0.15, 0.2) is 0 Å². The molecule has 1 N–H and O–H groups in total. The Morgan fingerprint density at radius 1 is 1.59 bits per heavy atom. The largest absolute Gasteiger partial charge is 0.376 e. The van der Waals surface area contributed by atoms with Crippen LogP contribution in [0.3, 0.4) is 0 Å². The van der Waals surface area contributed by atoms with Crippen molar-refractivity contribution in [1.29, 1.82) is 0 Å². The lowest BCUT2D eigenvalue weighted by Gasteiger charge is -2.27. The van der Waals surface area contributed by atoms with Crippen molar-refractivity contribution in [2.45, 2.75) is 25.9 Å². The first-order valence-corrected chi connectivity index (χ1v) is 6.18. The second-order valence-electron chi connectivity index (χ2n) is 4.27. The molecule has 0 aromatic heterocycles. The normalized spacial score (nSPS) is 18.1. The molecule has 90 valence electrons. The van der Waals surface area contributed by atoms with Gasteiger partial charge in [-0.25, -0.2) is 0 Å². The predicted molar refractivity (Wildman–Crippen MR) is 70.7 cm³/mol. The third-order valence-corrected chi connectivity index (χ3v) is 3.10. The predicted octanol–water partition coefficient (Wildman–Crippen LogP) is 2.75. The van der Waals surface area contributed by atoms with Crippen LogP contribution in [0.4, 0.5) is 0 Å². The Balaban J connectivity index is 2.03. The summed E-state index contributed by atoms with van der Waals surface area (Å²) in [5.74, 6) is 0. The Labute approximate surface area is 103 Å². The lowest BCUT2D eigenvalue weighted by Crippen LogP contribution is -2.36. The summed E-state index contributed by atoms with van der Waals surface area (Å²) in [5.41, 5.74) is 6.42. The number of benzene rings is 1. The van der Waals surface area contributed by atoms with Gasteiger partial charge in [0.2, 0.25) is 0 Å². The molecule has 2 rings (SSSR count). The lowest BCUT2D eigenvalue weighted by molar-refractivity contribution is -0.0463. The van der Waals surface area contributed by atoms with Crippen molar-refractivity contribution < 1.29 is 4.74 Å². The zero-order chi connectivity index (χ0) is 12.1. The van der Waals surface area contributed by atoms with Gasteiger partial charge in [0.25, 0.3) is 0 Å². The number of ether oxygens (including phenoxy) is 1. The standard InChI is InChI=1S/C15H19NO/c1-3-12-6-5-7-13(10-12)15(4-2)16-11-14-8-9-17-14/h5-7,10,14,16H,2-3,8-9,11H2,1H3. The number of aryl methyl sites for hydroxylation is 1. The zero-order valence-corrected chi connectivity index (χ0v) is 10.3. The van der Waals surface area contributed by atoms with Crippen molar-refractivity contribution in [2.75, 3.05) is 13.2 Å². The van der Waals surface area contributed by atoms with E-state index in [1.165, 1.54) is 5.56 Å². The monoisotopic (exact) mass is 229 g/mol. The number of hydrogen-bond donors (Lipinski definition) is 1. The minimum absolute atomic E-state index is 0.354. The molecule has 17 heavy (non-hydrogen) atoms. The van der Waals surface area contributed by atoms with Gasteiger partial charge < -0.3 is 10.1 Å². The zero-order valence-electron chi connectivity index (χ0n) is 10.3. The highest BCUT2D eigenvalue weighted by atomic mass is 16.5. The molecule has 1 aliphatic rings. The van der Waals surface area contributed by atoms with Crippen LogP contribution in [0.1, 0.15) is 24.5 Å². The third kappa shape index (κ3) is 3.00. The van der Waals surface area contributed by atoms with E-state index in [4.69, 9.17) is 4.74 Å². The molecule has 0 radical (unpaired) electrons. The molecule has 0 saturated carbocycles. The highest BCUT2D eigenvalue weighted by Crippen LogP contribution is 2.15. The molecule has 0 aliphatic carbocycles. The summed E-state index contributed by atoms with van der Waals surface area (Å²) in [5, 5.41) is 3.36. The van der Waals surface area contributed by atoms with Gasteiger partial charge in [-0.05, 0) is 24.5 Å². The average molecular weight is 229 g/mol. The van der Waals surface area contributed by atoms with Crippen LogP contribution in [0.2, 0.25) is 0 Å². The van der Waals surface area contributed by atoms with Gasteiger partial charge in [0.05, 0.1) is 11.8 Å². The van der Waals surface area contributed by atoms with Crippen LogP contribution < -0.4 is 5.32 Å². The van der Waals surface area contributed by atoms with E-state index in [2.05, 4.69) is 48.8 Å². The molecule has 0 amide bonds. The lowest BCUT2D eigenvalue weighted by atomic mass is 10.1. The second kappa shape index (κ2) is 5.72. The van der Waals surface area contributed by atoms with Crippen molar-refractivity contribution >= 4 is 5.70 Å². The second-order valence-corrected chi connectivity index (χ2v) is 4.27. The molecule has 1 aromatic carbocycles. The van der Waals surface area contributed by atoms with Crippen molar-refractivity contribution in [3.8, 4) is 0 Å². The van der Waals surface area contributed by atoms with Gasteiger partial charge >= 0.3 is 0 Å². The molecular formula is C15H19NO. The Hall–Kier alpha value is -1.50. The Morgan fingerprint density at radius 3 is 3.00 bits per heavy atom. The summed E-state index contributed by atoms with van der Waals surface area (Å²) in [6, 6.07) is 8.48. The quantitative estimate of drug-likeness (QED) is 0.784. The molecule has 1 aromatic rings. The number of rotatable bonds is 5. The Kier molecular flexibility index (Phi) is 4.03. The van der Waals surface area contributed by atoms with Crippen molar-refractivity contribution in [3.63, 3.8) is 0 Å². The van der Waals surface area contributed by atoms with E-state index in [0.29, 0.717) is 6.10 Å². The van der Waals surface area contributed by atoms with Crippen LogP contribution >= 0.6 is 0 Å². The molecule has 1 atom stereocenters. The smallest absolute Gasteiger partial charge is 0.0842 e. The van der Waals surface area contributed by atoms with Gasteiger partial charge in [0, 0.05) is 18.7 Å². The Bertz CT molecular complexity index is 428. The maximum atomic E-state index is 5.38. The number of nitrogens with one attached hydrogen (secondary N) is 1. The highest BCUT2D eigenvalue weighted by Gasteiger charge is 2.17. The van der Waals surface area contributed by atoms with Crippen LogP contribution in [-0.4, -0.2) is 19.3 Å². The van der Waals surface area contributed by atoms with Crippen molar-refractivity contribution in [3.05, 3.63) is 47.7 Å². The fourth-order valence-electron chi connectivity index (χ4n) is 1.87. The van der Waals surface area contributed by atoms with Gasteiger partial charge in [0.1, 0.15) is 0 Å². The van der Waals surface area contributed by atoms with Crippen LogP contribution in [0.25, 0.3) is 5.70 Å². The fourth-order valence-corrected chi connectivity index (χ4v) is 1.87. The Morgan fingerprint density at radius 2 is 2.41 bits per heavy atom. The van der Waals surface area contributed by atoms with Crippen LogP contribution in [0.5, 0.6) is 0 Å². The molecule has 1 saturated heterocycles. The molecule has 1 heterocycles. The van der Waals surface area contributed by atoms with Gasteiger partial charge in [-0.3, -0.25) is 0 Å². The minimum Gasteiger partial charge on any atom is -0.376 e. The first kappa shape index (κ1) is 12.0. The molecule has 1 fully saturated rings. The van der Waals surface area contributed by atoms with E-state index in [-0.39, 0.29) is 0 Å². The molecule has 1 aliphatic heterocycles. The molecule has 2 nitrogen and oxygen atoms in total. The van der Waals surface area contributed by atoms with E-state index < -0.39 is 0 Å². The summed E-state index contributed by atoms with van der Waals surface area (Å²) in [4.78, 5) is 0. The topological polar surface area (TPSA) is 21.3 Å². The summed E-state index contributed by atoms with van der Waals surface area (Å²) < 4.78 is 5.38. The van der Waals surface area contributed by atoms with Gasteiger partial charge in [-0.15, -0.1) is 5.73 Å². The molecule has 1 unspecified atom stereocenters. The molecule has 2 heteroatoms. The van der Waals surface area contributed by atoms with Gasteiger partial charge in [-0.1, -0.05) is 31.7 Å². The highest BCUT2D eigenvalue weighted by molar-refractivity contribution is 5.63. The first-order valence-electron chi connectivity index (χ1n) is 6.18. The van der Waals surface area contributed by atoms with E-state index >= 15 is 0 Å². The molecular weight excluding hydrogens is 210 g/mol. The van der Waals surface area contributed by atoms with Crippen LogP contribution in [-0.2, 0) is 11.2 Å². The van der Waals surface area contributed by atoms with E-state index in [0.717, 1.165) is 37.3 Å². The third-order valence-electron chi connectivity index (χ3n) is 3.10. The SMILES string of the molecule is C=C=C(NCC1CCO1)c1cccc(CC)c1. The first-order chi connectivity index (χ1) is 8.33. The maximum absolute atomic E-state index is 5.38. The van der Waals surface area contributed by atoms with Crippen molar-refractivity contribution in [1.82, 2.24) is 5.32 Å². The van der Waals surface area contributed by atoms with Crippen LogP contribution in [0.15, 0.2) is 36.6 Å². The molecule has 0 spiro atoms. The summed E-state index contributed by atoms with van der Waals surface area (Å²) in [6.45, 7) is 7.64. The van der Waals surface area contributed by atoms with Crippen molar-refractivity contribution in [2.24, 2.45) is 0 Å². The van der Waals surface area contributed by atoms with E-state index in [1.807, 2.05) is 0 Å². The number of hydrogen-bond acceptors (Lipinski definition) is 2. The van der Waals surface area contributed by atoms with E-state index in [1.54, 1.807) is 0 Å². The molecule has 0 bridgehead atoms. The summed E-state index contributed by atoms with van der Waals surface area (Å²) >= 11 is 0. The fraction of sp³-hybridized carbons (Fsp3) is 0.400. The summed E-state index contributed by atoms with van der Waals surface area (Å²) in [6.07, 6.45) is 2.55.